The first-order valence-electron chi connectivity index (χ1n) is 5.59. The van der Waals surface area contributed by atoms with Crippen molar-refractivity contribution in [2.75, 3.05) is 5.32 Å². The summed E-state index contributed by atoms with van der Waals surface area (Å²) in [7, 11) is 0. The highest BCUT2D eigenvalue weighted by molar-refractivity contribution is 9.11. The third-order valence-electron chi connectivity index (χ3n) is 2.58. The van der Waals surface area contributed by atoms with Gasteiger partial charge in [0.15, 0.2) is 0 Å². The summed E-state index contributed by atoms with van der Waals surface area (Å²) in [5.41, 5.74) is -0.269. The molecule has 2 aromatic carbocycles. The van der Waals surface area contributed by atoms with Crippen LogP contribution in [0.3, 0.4) is 0 Å². The molecule has 0 saturated heterocycles. The van der Waals surface area contributed by atoms with Gasteiger partial charge in [0.05, 0.1) is 16.2 Å². The van der Waals surface area contributed by atoms with E-state index in [1.54, 1.807) is 18.2 Å². The Morgan fingerprint density at radius 2 is 1.90 bits per heavy atom. The summed E-state index contributed by atoms with van der Waals surface area (Å²) >= 11 is 6.48. The Bertz CT molecular complexity index is 737. The Morgan fingerprint density at radius 3 is 2.52 bits per heavy atom. The number of hydrogen-bond donors (Lipinski definition) is 1. The van der Waals surface area contributed by atoms with Crippen LogP contribution < -0.4 is 5.32 Å². The van der Waals surface area contributed by atoms with Crippen LogP contribution in [-0.2, 0) is 0 Å². The molecule has 0 unspecified atom stereocenters. The number of carbonyl (C=O) groups is 1. The van der Waals surface area contributed by atoms with Crippen molar-refractivity contribution < 1.29 is 14.1 Å². The summed E-state index contributed by atoms with van der Waals surface area (Å²) in [5.74, 6) is -1.32. The maximum absolute atomic E-state index is 13.6. The van der Waals surface area contributed by atoms with Gasteiger partial charge < -0.3 is 5.32 Å². The Morgan fingerprint density at radius 1 is 1.19 bits per heavy atom. The van der Waals surface area contributed by atoms with E-state index in [1.165, 1.54) is 0 Å². The van der Waals surface area contributed by atoms with Crippen LogP contribution in [0.1, 0.15) is 10.4 Å². The zero-order valence-corrected chi connectivity index (χ0v) is 13.4. The number of hydrogen-bond acceptors (Lipinski definition) is 3. The van der Waals surface area contributed by atoms with Gasteiger partial charge in [-0.25, -0.2) is 4.39 Å². The SMILES string of the molecule is O=C(Nc1cc([N+](=O)[O-])ccc1F)c1ccc(Br)cc1Br. The van der Waals surface area contributed by atoms with E-state index < -0.39 is 16.6 Å². The monoisotopic (exact) mass is 416 g/mol. The van der Waals surface area contributed by atoms with Crippen LogP contribution in [0.15, 0.2) is 45.3 Å². The molecule has 21 heavy (non-hydrogen) atoms. The smallest absolute Gasteiger partial charge is 0.271 e. The highest BCUT2D eigenvalue weighted by Gasteiger charge is 2.15. The summed E-state index contributed by atoms with van der Waals surface area (Å²) in [6, 6.07) is 7.80. The molecule has 0 bridgehead atoms. The number of nitrogens with one attached hydrogen (secondary N) is 1. The fraction of sp³-hybridized carbons (Fsp3) is 0. The lowest BCUT2D eigenvalue weighted by Crippen LogP contribution is -2.13. The van der Waals surface area contributed by atoms with Crippen LogP contribution in [-0.4, -0.2) is 10.8 Å². The topological polar surface area (TPSA) is 72.2 Å². The molecule has 0 aliphatic carbocycles. The van der Waals surface area contributed by atoms with Gasteiger partial charge in [-0.3, -0.25) is 14.9 Å². The second-order valence-corrected chi connectivity index (χ2v) is 5.77. The number of non-ortho nitro benzene ring substituents is 1. The molecule has 0 atom stereocenters. The second-order valence-electron chi connectivity index (χ2n) is 4.00. The Balaban J connectivity index is 2.31. The Labute approximate surface area is 135 Å². The average molecular weight is 418 g/mol. The maximum Gasteiger partial charge on any atom is 0.271 e. The first-order chi connectivity index (χ1) is 9.88. The number of rotatable bonds is 3. The molecule has 0 heterocycles. The zero-order valence-electron chi connectivity index (χ0n) is 10.3. The van der Waals surface area contributed by atoms with Gasteiger partial charge in [-0.15, -0.1) is 0 Å². The Hall–Kier alpha value is -1.80. The lowest BCUT2D eigenvalue weighted by molar-refractivity contribution is -0.384. The van der Waals surface area contributed by atoms with Crippen molar-refractivity contribution in [1.82, 2.24) is 0 Å². The van der Waals surface area contributed by atoms with Crippen LogP contribution in [0.5, 0.6) is 0 Å². The molecular weight excluding hydrogens is 411 g/mol. The molecule has 5 nitrogen and oxygen atoms in total. The molecule has 0 fully saturated rings. The summed E-state index contributed by atoms with van der Waals surface area (Å²) in [5, 5.41) is 13.0. The van der Waals surface area contributed by atoms with Crippen molar-refractivity contribution in [3.8, 4) is 0 Å². The van der Waals surface area contributed by atoms with Crippen LogP contribution in [0.25, 0.3) is 0 Å². The Kier molecular flexibility index (Phi) is 4.69. The van der Waals surface area contributed by atoms with E-state index in [0.29, 0.717) is 4.47 Å². The quantitative estimate of drug-likeness (QED) is 0.589. The number of halogens is 3. The average Bonchev–Trinajstić information content (AvgIpc) is 2.40. The largest absolute Gasteiger partial charge is 0.319 e. The van der Waals surface area contributed by atoms with Crippen molar-refractivity contribution in [3.05, 3.63) is 66.8 Å². The molecule has 2 aromatic rings. The standard InChI is InChI=1S/C13H7Br2FN2O3/c14-7-1-3-9(10(15)5-7)13(19)17-12-6-8(18(20)21)2-4-11(12)16/h1-6H,(H,17,19). The molecule has 0 spiro atoms. The normalized spacial score (nSPS) is 10.2. The number of nitrogens with zero attached hydrogens (tertiary/aromatic N) is 1. The van der Waals surface area contributed by atoms with Gasteiger partial charge in [0.1, 0.15) is 5.82 Å². The van der Waals surface area contributed by atoms with E-state index in [1.807, 2.05) is 0 Å². The van der Waals surface area contributed by atoms with E-state index in [2.05, 4.69) is 37.2 Å². The van der Waals surface area contributed by atoms with E-state index in [4.69, 9.17) is 0 Å². The number of nitro groups is 1. The third kappa shape index (κ3) is 3.64. The number of benzene rings is 2. The maximum atomic E-state index is 13.6. The van der Waals surface area contributed by atoms with Crippen LogP contribution in [0.4, 0.5) is 15.8 Å². The fourth-order valence-electron chi connectivity index (χ4n) is 1.59. The second kappa shape index (κ2) is 6.31. The van der Waals surface area contributed by atoms with Crippen LogP contribution >= 0.6 is 31.9 Å². The number of amides is 1. The minimum absolute atomic E-state index is 0.246. The van der Waals surface area contributed by atoms with Crippen molar-refractivity contribution >= 4 is 49.1 Å². The van der Waals surface area contributed by atoms with Gasteiger partial charge in [-0.1, -0.05) is 15.9 Å². The van der Waals surface area contributed by atoms with Gasteiger partial charge in [-0.2, -0.15) is 0 Å². The summed E-state index contributed by atoms with van der Waals surface area (Å²) < 4.78 is 14.9. The molecule has 0 aliphatic rings. The van der Waals surface area contributed by atoms with Gasteiger partial charge in [0.25, 0.3) is 11.6 Å². The van der Waals surface area contributed by atoms with Crippen molar-refractivity contribution in [1.29, 1.82) is 0 Å². The lowest BCUT2D eigenvalue weighted by atomic mass is 10.2. The number of anilines is 1. The lowest BCUT2D eigenvalue weighted by Gasteiger charge is -2.08. The van der Waals surface area contributed by atoms with Gasteiger partial charge >= 0.3 is 0 Å². The highest BCUT2D eigenvalue weighted by Crippen LogP contribution is 2.25. The van der Waals surface area contributed by atoms with E-state index in [-0.39, 0.29) is 16.9 Å². The zero-order chi connectivity index (χ0) is 15.6. The molecule has 108 valence electrons. The fourth-order valence-corrected chi connectivity index (χ4v) is 2.81. The summed E-state index contributed by atoms with van der Waals surface area (Å²) in [4.78, 5) is 22.1. The predicted molar refractivity (Wildman–Crippen MR) is 82.8 cm³/mol. The van der Waals surface area contributed by atoms with E-state index >= 15 is 0 Å². The molecule has 0 saturated carbocycles. The first-order valence-corrected chi connectivity index (χ1v) is 7.17. The van der Waals surface area contributed by atoms with Crippen molar-refractivity contribution in [3.63, 3.8) is 0 Å². The number of carbonyl (C=O) groups excluding carboxylic acids is 1. The number of nitro benzene ring substituents is 1. The van der Waals surface area contributed by atoms with E-state index in [9.17, 15) is 19.3 Å². The summed E-state index contributed by atoms with van der Waals surface area (Å²) in [6.07, 6.45) is 0. The minimum atomic E-state index is -0.748. The predicted octanol–water partition coefficient (Wildman–Crippen LogP) is 4.51. The molecule has 2 rings (SSSR count). The van der Waals surface area contributed by atoms with Gasteiger partial charge in [-0.05, 0) is 40.2 Å². The minimum Gasteiger partial charge on any atom is -0.319 e. The summed E-state index contributed by atoms with van der Waals surface area (Å²) in [6.45, 7) is 0. The molecule has 0 radical (unpaired) electrons. The molecule has 1 N–H and O–H groups in total. The molecule has 1 amide bonds. The highest BCUT2D eigenvalue weighted by atomic mass is 79.9. The van der Waals surface area contributed by atoms with Gasteiger partial charge in [0.2, 0.25) is 0 Å². The van der Waals surface area contributed by atoms with Crippen LogP contribution in [0.2, 0.25) is 0 Å². The van der Waals surface area contributed by atoms with Crippen molar-refractivity contribution in [2.24, 2.45) is 0 Å². The molecule has 8 heteroatoms. The molecule has 0 aromatic heterocycles. The van der Waals surface area contributed by atoms with Gasteiger partial charge in [0, 0.05) is 21.1 Å². The first kappa shape index (κ1) is 15.6. The third-order valence-corrected chi connectivity index (χ3v) is 3.73. The molecular formula is C13H7Br2FN2O3. The van der Waals surface area contributed by atoms with Crippen LogP contribution in [0, 0.1) is 15.9 Å². The van der Waals surface area contributed by atoms with Crippen molar-refractivity contribution in [2.45, 2.75) is 0 Å². The molecule has 0 aliphatic heterocycles. The van der Waals surface area contributed by atoms with E-state index in [0.717, 1.165) is 22.7 Å².